The van der Waals surface area contributed by atoms with Crippen molar-refractivity contribution in [1.29, 1.82) is 0 Å². The van der Waals surface area contributed by atoms with Crippen molar-refractivity contribution in [1.82, 2.24) is 10.2 Å². The molecule has 1 aliphatic heterocycles. The number of thiophene rings is 1. The topological polar surface area (TPSA) is 15.3 Å². The van der Waals surface area contributed by atoms with E-state index in [-0.39, 0.29) is 0 Å². The van der Waals surface area contributed by atoms with Crippen molar-refractivity contribution in [2.75, 3.05) is 19.6 Å². The van der Waals surface area contributed by atoms with Gasteiger partial charge in [0.2, 0.25) is 0 Å². The molecule has 2 rings (SSSR count). The van der Waals surface area contributed by atoms with Crippen molar-refractivity contribution in [3.63, 3.8) is 0 Å². The zero-order chi connectivity index (χ0) is 12.3. The molecule has 0 aliphatic carbocycles. The van der Waals surface area contributed by atoms with E-state index < -0.39 is 0 Å². The van der Waals surface area contributed by atoms with Gasteiger partial charge in [0.15, 0.2) is 0 Å². The highest BCUT2D eigenvalue weighted by Crippen LogP contribution is 2.15. The van der Waals surface area contributed by atoms with Gasteiger partial charge in [-0.15, -0.1) is 0 Å². The van der Waals surface area contributed by atoms with Gasteiger partial charge in [0.1, 0.15) is 0 Å². The minimum atomic E-state index is 0.660. The molecule has 0 radical (unpaired) electrons. The molecule has 96 valence electrons. The van der Waals surface area contributed by atoms with Crippen LogP contribution in [0, 0.1) is 5.92 Å². The third-order valence-electron chi connectivity index (χ3n) is 3.78. The molecule has 2 unspecified atom stereocenters. The monoisotopic (exact) mass is 252 g/mol. The normalized spacial score (nSPS) is 24.1. The van der Waals surface area contributed by atoms with Crippen molar-refractivity contribution in [2.45, 2.75) is 39.3 Å². The standard InChI is InChI=1S/C14H24N2S/c1-11(2)14-9-16(6-5-15-14)12(3)8-13-4-7-17-10-13/h4,7,10-12,14-15H,5-6,8-9H2,1-3H3. The number of piperazine rings is 1. The quantitative estimate of drug-likeness (QED) is 0.886. The van der Waals surface area contributed by atoms with Crippen LogP contribution in [-0.2, 0) is 6.42 Å². The third-order valence-corrected chi connectivity index (χ3v) is 4.51. The highest BCUT2D eigenvalue weighted by molar-refractivity contribution is 7.07. The fourth-order valence-corrected chi connectivity index (χ4v) is 3.21. The summed E-state index contributed by atoms with van der Waals surface area (Å²) >= 11 is 1.80. The van der Waals surface area contributed by atoms with E-state index in [4.69, 9.17) is 0 Å². The predicted octanol–water partition coefficient (Wildman–Crippen LogP) is 2.61. The molecular formula is C14H24N2S. The second-order valence-electron chi connectivity index (χ2n) is 5.48. The van der Waals surface area contributed by atoms with E-state index >= 15 is 0 Å². The molecule has 0 spiro atoms. The van der Waals surface area contributed by atoms with Crippen LogP contribution in [0.25, 0.3) is 0 Å². The van der Waals surface area contributed by atoms with E-state index in [2.05, 4.69) is 47.8 Å². The average molecular weight is 252 g/mol. The van der Waals surface area contributed by atoms with Crippen molar-refractivity contribution in [3.8, 4) is 0 Å². The maximum atomic E-state index is 3.62. The molecule has 0 amide bonds. The lowest BCUT2D eigenvalue weighted by Crippen LogP contribution is -2.55. The molecule has 2 nitrogen and oxygen atoms in total. The highest BCUT2D eigenvalue weighted by atomic mass is 32.1. The molecular weight excluding hydrogens is 228 g/mol. The minimum Gasteiger partial charge on any atom is -0.311 e. The highest BCUT2D eigenvalue weighted by Gasteiger charge is 2.24. The summed E-state index contributed by atoms with van der Waals surface area (Å²) in [4.78, 5) is 2.64. The number of nitrogens with one attached hydrogen (secondary N) is 1. The summed E-state index contributed by atoms with van der Waals surface area (Å²) < 4.78 is 0. The van der Waals surface area contributed by atoms with Crippen LogP contribution < -0.4 is 5.32 Å². The van der Waals surface area contributed by atoms with Gasteiger partial charge in [0.25, 0.3) is 0 Å². The van der Waals surface area contributed by atoms with Crippen molar-refractivity contribution >= 4 is 11.3 Å². The Morgan fingerprint density at radius 3 is 2.94 bits per heavy atom. The molecule has 1 fully saturated rings. The molecule has 2 atom stereocenters. The van der Waals surface area contributed by atoms with Gasteiger partial charge < -0.3 is 5.32 Å². The maximum Gasteiger partial charge on any atom is 0.0218 e. The van der Waals surface area contributed by atoms with Crippen molar-refractivity contribution in [2.24, 2.45) is 5.92 Å². The van der Waals surface area contributed by atoms with Crippen LogP contribution in [0.3, 0.4) is 0 Å². The SMILES string of the molecule is CC(C)C1CN(C(C)Cc2ccsc2)CCN1. The van der Waals surface area contributed by atoms with Crippen LogP contribution >= 0.6 is 11.3 Å². The van der Waals surface area contributed by atoms with Gasteiger partial charge in [-0.25, -0.2) is 0 Å². The van der Waals surface area contributed by atoms with Gasteiger partial charge >= 0.3 is 0 Å². The molecule has 1 aromatic rings. The first-order chi connectivity index (χ1) is 8.16. The van der Waals surface area contributed by atoms with Gasteiger partial charge in [-0.05, 0) is 41.7 Å². The lowest BCUT2D eigenvalue weighted by Gasteiger charge is -2.39. The Morgan fingerprint density at radius 1 is 1.47 bits per heavy atom. The summed E-state index contributed by atoms with van der Waals surface area (Å²) in [7, 11) is 0. The van der Waals surface area contributed by atoms with E-state index in [0.29, 0.717) is 12.1 Å². The molecule has 1 aliphatic rings. The molecule has 1 N–H and O–H groups in total. The molecule has 0 aromatic carbocycles. The van der Waals surface area contributed by atoms with E-state index in [9.17, 15) is 0 Å². The average Bonchev–Trinajstić information content (AvgIpc) is 2.82. The Balaban J connectivity index is 1.88. The second-order valence-corrected chi connectivity index (χ2v) is 6.26. The van der Waals surface area contributed by atoms with Crippen molar-refractivity contribution < 1.29 is 0 Å². The van der Waals surface area contributed by atoms with Gasteiger partial charge in [0, 0.05) is 31.7 Å². The number of rotatable bonds is 4. The van der Waals surface area contributed by atoms with Gasteiger partial charge in [-0.3, -0.25) is 4.90 Å². The van der Waals surface area contributed by atoms with Crippen LogP contribution in [0.4, 0.5) is 0 Å². The number of hydrogen-bond donors (Lipinski definition) is 1. The molecule has 1 saturated heterocycles. The summed E-state index contributed by atoms with van der Waals surface area (Å²) in [6.45, 7) is 10.5. The van der Waals surface area contributed by atoms with E-state index in [1.165, 1.54) is 25.1 Å². The third kappa shape index (κ3) is 3.54. The number of hydrogen-bond acceptors (Lipinski definition) is 3. The van der Waals surface area contributed by atoms with Crippen LogP contribution in [-0.4, -0.2) is 36.6 Å². The van der Waals surface area contributed by atoms with Gasteiger partial charge in [-0.1, -0.05) is 13.8 Å². The fourth-order valence-electron chi connectivity index (χ4n) is 2.53. The van der Waals surface area contributed by atoms with Gasteiger partial charge in [0.05, 0.1) is 0 Å². The van der Waals surface area contributed by atoms with E-state index in [0.717, 1.165) is 12.5 Å². The maximum absolute atomic E-state index is 3.62. The van der Waals surface area contributed by atoms with Gasteiger partial charge in [-0.2, -0.15) is 11.3 Å². The second kappa shape index (κ2) is 5.98. The Bertz CT molecular complexity index is 321. The lowest BCUT2D eigenvalue weighted by molar-refractivity contribution is 0.134. The molecule has 0 saturated carbocycles. The first-order valence-electron chi connectivity index (χ1n) is 6.65. The Kier molecular flexibility index (Phi) is 4.60. The summed E-state index contributed by atoms with van der Waals surface area (Å²) in [6, 6.07) is 3.57. The first-order valence-corrected chi connectivity index (χ1v) is 7.59. The molecule has 2 heterocycles. The van der Waals surface area contributed by atoms with Crippen LogP contribution in [0.2, 0.25) is 0 Å². The fraction of sp³-hybridized carbons (Fsp3) is 0.714. The van der Waals surface area contributed by atoms with E-state index in [1.807, 2.05) is 0 Å². The lowest BCUT2D eigenvalue weighted by atomic mass is 10.00. The summed E-state index contributed by atoms with van der Waals surface area (Å²) in [5.74, 6) is 0.728. The molecule has 3 heteroatoms. The predicted molar refractivity (Wildman–Crippen MR) is 75.7 cm³/mol. The largest absolute Gasteiger partial charge is 0.311 e. The molecule has 0 bridgehead atoms. The van der Waals surface area contributed by atoms with Crippen LogP contribution in [0.15, 0.2) is 16.8 Å². The zero-order valence-corrected chi connectivity index (χ0v) is 12.0. The van der Waals surface area contributed by atoms with Crippen molar-refractivity contribution in [3.05, 3.63) is 22.4 Å². The zero-order valence-electron chi connectivity index (χ0n) is 11.1. The van der Waals surface area contributed by atoms with Crippen LogP contribution in [0.1, 0.15) is 26.3 Å². The summed E-state index contributed by atoms with van der Waals surface area (Å²) in [6.07, 6.45) is 1.19. The smallest absolute Gasteiger partial charge is 0.0218 e. The number of nitrogens with zero attached hydrogens (tertiary/aromatic N) is 1. The first kappa shape index (κ1) is 13.1. The Labute approximate surface area is 109 Å². The Morgan fingerprint density at radius 2 is 2.29 bits per heavy atom. The summed E-state index contributed by atoms with van der Waals surface area (Å²) in [5.41, 5.74) is 1.49. The summed E-state index contributed by atoms with van der Waals surface area (Å²) in [5, 5.41) is 8.08. The Hall–Kier alpha value is -0.380. The minimum absolute atomic E-state index is 0.660. The van der Waals surface area contributed by atoms with E-state index in [1.54, 1.807) is 11.3 Å². The molecule has 1 aromatic heterocycles. The van der Waals surface area contributed by atoms with Crippen LogP contribution in [0.5, 0.6) is 0 Å². The molecule has 17 heavy (non-hydrogen) atoms.